The summed E-state index contributed by atoms with van der Waals surface area (Å²) in [5, 5.41) is 0. The van der Waals surface area contributed by atoms with E-state index in [1.165, 1.54) is 0 Å². The van der Waals surface area contributed by atoms with Gasteiger partial charge in [-0.3, -0.25) is 0 Å². The van der Waals surface area contributed by atoms with E-state index in [2.05, 4.69) is 15.9 Å². The van der Waals surface area contributed by atoms with Crippen LogP contribution in [-0.4, -0.2) is 17.7 Å². The molecule has 0 aromatic heterocycles. The third-order valence-electron chi connectivity index (χ3n) is 3.71. The number of rotatable bonds is 6. The van der Waals surface area contributed by atoms with Crippen molar-refractivity contribution in [2.45, 2.75) is 43.5 Å². The maximum atomic E-state index is 12.1. The number of carbonyl (C=O) groups is 1. The van der Waals surface area contributed by atoms with Crippen LogP contribution >= 0.6 is 41.2 Å². The van der Waals surface area contributed by atoms with E-state index in [9.17, 15) is 4.79 Å². The van der Waals surface area contributed by atoms with Gasteiger partial charge in [-0.2, -0.15) is 25.3 Å². The molecule has 0 amide bonds. The van der Waals surface area contributed by atoms with Gasteiger partial charge in [-0.05, 0) is 63.1 Å². The van der Waals surface area contributed by atoms with Crippen LogP contribution in [0.2, 0.25) is 0 Å². The molecule has 2 aromatic rings. The minimum Gasteiger partial charge on any atom is -0.476 e. The number of halogens is 1. The summed E-state index contributed by atoms with van der Waals surface area (Å²) in [6.45, 7) is 7.00. The van der Waals surface area contributed by atoms with Crippen molar-refractivity contribution in [3.8, 4) is 5.75 Å². The standard InChI is InChI=1S/C20H23BrO3S2/c1-13(2)23-18(22)19(3,4)24-17-11-7-15(8-12-17)20(25,26)14-5-9-16(21)10-6-14/h5-13,25-26H,1-4H3. The van der Waals surface area contributed by atoms with E-state index in [1.54, 1.807) is 26.0 Å². The third-order valence-corrected chi connectivity index (χ3v) is 5.27. The first-order chi connectivity index (χ1) is 12.0. The molecule has 2 rings (SSSR count). The summed E-state index contributed by atoms with van der Waals surface area (Å²) in [5.74, 6) is 0.178. The van der Waals surface area contributed by atoms with Gasteiger partial charge in [-0.25, -0.2) is 4.79 Å². The number of hydrogen-bond donors (Lipinski definition) is 2. The summed E-state index contributed by atoms with van der Waals surface area (Å²) < 4.78 is 11.3. The molecule has 26 heavy (non-hydrogen) atoms. The lowest BCUT2D eigenvalue weighted by molar-refractivity contribution is -0.163. The maximum Gasteiger partial charge on any atom is 0.350 e. The summed E-state index contributed by atoms with van der Waals surface area (Å²) in [7, 11) is 0. The predicted octanol–water partition coefficient (Wildman–Crippen LogP) is 5.62. The normalized spacial score (nSPS) is 12.2. The van der Waals surface area contributed by atoms with Gasteiger partial charge >= 0.3 is 5.97 Å². The number of esters is 1. The van der Waals surface area contributed by atoms with Crippen molar-refractivity contribution in [1.29, 1.82) is 0 Å². The number of carbonyl (C=O) groups excluding carboxylic acids is 1. The van der Waals surface area contributed by atoms with Crippen molar-refractivity contribution in [2.75, 3.05) is 0 Å². The van der Waals surface area contributed by atoms with E-state index in [1.807, 2.05) is 50.2 Å². The smallest absolute Gasteiger partial charge is 0.350 e. The molecule has 2 aromatic carbocycles. The Kier molecular flexibility index (Phi) is 6.75. The van der Waals surface area contributed by atoms with E-state index in [0.717, 1.165) is 15.6 Å². The van der Waals surface area contributed by atoms with Gasteiger partial charge < -0.3 is 9.47 Å². The van der Waals surface area contributed by atoms with Crippen molar-refractivity contribution in [3.05, 3.63) is 64.1 Å². The Morgan fingerprint density at radius 1 is 0.962 bits per heavy atom. The van der Waals surface area contributed by atoms with E-state index >= 15 is 0 Å². The van der Waals surface area contributed by atoms with Crippen molar-refractivity contribution < 1.29 is 14.3 Å². The second kappa shape index (κ2) is 8.28. The molecule has 0 aliphatic heterocycles. The fourth-order valence-electron chi connectivity index (χ4n) is 2.30. The SMILES string of the molecule is CC(C)OC(=O)C(C)(C)Oc1ccc(C(S)(S)c2ccc(Br)cc2)cc1. The molecule has 0 spiro atoms. The Balaban J connectivity index is 2.17. The van der Waals surface area contributed by atoms with Crippen LogP contribution in [0.15, 0.2) is 53.0 Å². The first-order valence-corrected chi connectivity index (χ1v) is 9.92. The van der Waals surface area contributed by atoms with Crippen LogP contribution in [0.25, 0.3) is 0 Å². The Labute approximate surface area is 174 Å². The molecule has 0 radical (unpaired) electrons. The third kappa shape index (κ3) is 5.21. The lowest BCUT2D eigenvalue weighted by atomic mass is 10.0. The van der Waals surface area contributed by atoms with E-state index in [-0.39, 0.29) is 6.10 Å². The van der Waals surface area contributed by atoms with Crippen molar-refractivity contribution in [1.82, 2.24) is 0 Å². The zero-order chi connectivity index (χ0) is 19.5. The average molecular weight is 455 g/mol. The zero-order valence-corrected chi connectivity index (χ0v) is 18.6. The summed E-state index contributed by atoms with van der Waals surface area (Å²) in [5.41, 5.74) is 0.791. The maximum absolute atomic E-state index is 12.1. The Hall–Kier alpha value is -1.11. The fourth-order valence-corrected chi connectivity index (χ4v) is 3.16. The monoisotopic (exact) mass is 454 g/mol. The molecule has 0 N–H and O–H groups in total. The lowest BCUT2D eigenvalue weighted by Crippen LogP contribution is -2.40. The van der Waals surface area contributed by atoms with Crippen LogP contribution in [0.4, 0.5) is 0 Å². The van der Waals surface area contributed by atoms with Gasteiger partial charge in [-0.1, -0.05) is 40.2 Å². The summed E-state index contributed by atoms with van der Waals surface area (Å²) in [6.07, 6.45) is -0.187. The first-order valence-electron chi connectivity index (χ1n) is 8.24. The van der Waals surface area contributed by atoms with Crippen molar-refractivity contribution >= 4 is 47.2 Å². The summed E-state index contributed by atoms with van der Waals surface area (Å²) in [4.78, 5) is 12.1. The molecule has 0 heterocycles. The number of ether oxygens (including phenoxy) is 2. The minimum atomic E-state index is -1.07. The van der Waals surface area contributed by atoms with Crippen molar-refractivity contribution in [3.63, 3.8) is 0 Å². The topological polar surface area (TPSA) is 35.5 Å². The van der Waals surface area contributed by atoms with Crippen molar-refractivity contribution in [2.24, 2.45) is 0 Å². The highest BCUT2D eigenvalue weighted by molar-refractivity contribution is 9.10. The van der Waals surface area contributed by atoms with E-state index < -0.39 is 15.6 Å². The molecule has 0 aliphatic rings. The largest absolute Gasteiger partial charge is 0.476 e. The summed E-state index contributed by atoms with van der Waals surface area (Å²) >= 11 is 12.9. The van der Waals surface area contributed by atoms with Gasteiger partial charge in [0.25, 0.3) is 0 Å². The summed E-state index contributed by atoms with van der Waals surface area (Å²) in [6, 6.07) is 15.2. The average Bonchev–Trinajstić information content (AvgIpc) is 2.54. The Morgan fingerprint density at radius 3 is 1.88 bits per heavy atom. The van der Waals surface area contributed by atoms with E-state index in [4.69, 9.17) is 34.7 Å². The molecule has 0 saturated carbocycles. The molecule has 0 bridgehead atoms. The molecule has 3 nitrogen and oxygen atoms in total. The second-order valence-electron chi connectivity index (χ2n) is 6.77. The highest BCUT2D eigenvalue weighted by atomic mass is 79.9. The second-order valence-corrected chi connectivity index (χ2v) is 9.38. The lowest BCUT2D eigenvalue weighted by Gasteiger charge is -2.27. The quantitative estimate of drug-likeness (QED) is 0.337. The molecule has 6 heteroatoms. The zero-order valence-electron chi connectivity index (χ0n) is 15.2. The number of benzene rings is 2. The molecule has 0 saturated heterocycles. The Bertz CT molecular complexity index is 754. The van der Waals surface area contributed by atoms with Gasteiger partial charge in [0.1, 0.15) is 9.83 Å². The molecule has 0 fully saturated rings. The fraction of sp³-hybridized carbons (Fsp3) is 0.350. The molecule has 140 valence electrons. The van der Waals surface area contributed by atoms with Gasteiger partial charge in [0.2, 0.25) is 0 Å². The van der Waals surface area contributed by atoms with Crippen LogP contribution in [0.1, 0.15) is 38.8 Å². The number of hydrogen-bond acceptors (Lipinski definition) is 5. The molecule has 0 unspecified atom stereocenters. The van der Waals surface area contributed by atoms with Gasteiger partial charge in [-0.15, -0.1) is 0 Å². The van der Waals surface area contributed by atoms with Crippen LogP contribution in [0, 0.1) is 0 Å². The van der Waals surface area contributed by atoms with Gasteiger partial charge in [0.15, 0.2) is 5.60 Å². The highest BCUT2D eigenvalue weighted by Gasteiger charge is 2.33. The van der Waals surface area contributed by atoms with Crippen LogP contribution < -0.4 is 4.74 Å². The molecule has 0 aliphatic carbocycles. The minimum absolute atomic E-state index is 0.187. The van der Waals surface area contributed by atoms with Gasteiger partial charge in [0.05, 0.1) is 6.10 Å². The van der Waals surface area contributed by atoms with Crippen LogP contribution in [0.5, 0.6) is 5.75 Å². The van der Waals surface area contributed by atoms with E-state index in [0.29, 0.717) is 5.75 Å². The first kappa shape index (κ1) is 21.2. The highest BCUT2D eigenvalue weighted by Crippen LogP contribution is 2.40. The molecule has 0 atom stereocenters. The van der Waals surface area contributed by atoms with Gasteiger partial charge in [0, 0.05) is 4.47 Å². The number of thiol groups is 2. The van der Waals surface area contributed by atoms with Crippen LogP contribution in [-0.2, 0) is 13.6 Å². The van der Waals surface area contributed by atoms with Crippen LogP contribution in [0.3, 0.4) is 0 Å². The molecular weight excluding hydrogens is 432 g/mol. The predicted molar refractivity (Wildman–Crippen MR) is 115 cm³/mol. The Morgan fingerprint density at radius 2 is 1.42 bits per heavy atom. The molecular formula is C20H23BrO3S2.